The Balaban J connectivity index is 0.818. The Hall–Kier alpha value is -5.82. The molecule has 1 atom stereocenters. The van der Waals surface area contributed by atoms with E-state index in [2.05, 4.69) is 75.8 Å². The van der Waals surface area contributed by atoms with E-state index in [9.17, 15) is 19.2 Å². The van der Waals surface area contributed by atoms with E-state index >= 15 is 0 Å². The summed E-state index contributed by atoms with van der Waals surface area (Å²) in [4.78, 5) is 55.7. The van der Waals surface area contributed by atoms with Crippen LogP contribution in [0.15, 0.2) is 78.9 Å². The zero-order valence-electron chi connectivity index (χ0n) is 30.6. The van der Waals surface area contributed by atoms with Crippen LogP contribution in [0.1, 0.15) is 71.4 Å². The van der Waals surface area contributed by atoms with Crippen LogP contribution in [0, 0.1) is 0 Å². The second-order valence-electron chi connectivity index (χ2n) is 15.1. The third kappa shape index (κ3) is 6.98. The van der Waals surface area contributed by atoms with Crippen LogP contribution in [-0.2, 0) is 15.0 Å². The molecule has 54 heavy (non-hydrogen) atoms. The number of hydrogen-bond donors (Lipinski definition) is 2. The number of nitrogens with one attached hydrogen (secondary N) is 2. The number of piperidine rings is 1. The quantitative estimate of drug-likeness (QED) is 0.218. The van der Waals surface area contributed by atoms with Crippen LogP contribution >= 0.6 is 0 Å². The number of likely N-dealkylation sites (N-methyl/N-ethyl adjacent to an activating group) is 1. The van der Waals surface area contributed by atoms with Gasteiger partial charge in [-0.2, -0.15) is 0 Å². The van der Waals surface area contributed by atoms with Crippen molar-refractivity contribution in [2.45, 2.75) is 63.1 Å². The summed E-state index contributed by atoms with van der Waals surface area (Å²) in [6.45, 7) is 8.27. The van der Waals surface area contributed by atoms with Crippen molar-refractivity contribution in [3.63, 3.8) is 0 Å². The van der Waals surface area contributed by atoms with Gasteiger partial charge in [0.2, 0.25) is 17.7 Å². The lowest BCUT2D eigenvalue weighted by molar-refractivity contribution is -0.136. The lowest BCUT2D eigenvalue weighted by atomic mass is 9.78. The standard InChI is InChI=1S/C41H43N7O6/c1-41(2,26-6-11-30(12-7-26)54-37-17-15-35(44-45-37)47-20-18-46(3)19-21-47)25-4-9-29(10-5-25)53-31-22-28(23-31)42-27-8-13-32-33(24-27)40(52)48(39(32)51)34-14-16-36(49)43-38(34)50/h4-13,15,17,24,28,31,34,42H,14,16,18-23H2,1-3H3,(H,43,49,50). The minimum Gasteiger partial charge on any atom is -0.490 e. The number of imide groups is 2. The van der Waals surface area contributed by atoms with Gasteiger partial charge in [-0.3, -0.25) is 29.4 Å². The zero-order chi connectivity index (χ0) is 37.6. The Morgan fingerprint density at radius 2 is 1.44 bits per heavy atom. The minimum absolute atomic E-state index is 0.0437. The van der Waals surface area contributed by atoms with Crippen LogP contribution in [0.25, 0.3) is 0 Å². The first kappa shape index (κ1) is 35.2. The molecule has 1 aliphatic carbocycles. The van der Waals surface area contributed by atoms with Crippen molar-refractivity contribution in [3.05, 3.63) is 101 Å². The number of nitrogens with zero attached hydrogens (tertiary/aromatic N) is 5. The molecule has 3 aliphatic heterocycles. The van der Waals surface area contributed by atoms with Gasteiger partial charge in [0.1, 0.15) is 23.6 Å². The highest BCUT2D eigenvalue weighted by Gasteiger charge is 2.45. The van der Waals surface area contributed by atoms with Gasteiger partial charge in [-0.1, -0.05) is 38.1 Å². The van der Waals surface area contributed by atoms with Crippen molar-refractivity contribution in [2.24, 2.45) is 0 Å². The molecule has 1 unspecified atom stereocenters. The van der Waals surface area contributed by atoms with Crippen molar-refractivity contribution in [1.82, 2.24) is 25.3 Å². The molecule has 278 valence electrons. The van der Waals surface area contributed by atoms with E-state index < -0.39 is 29.7 Å². The molecule has 2 N–H and O–H groups in total. The number of rotatable bonds is 10. The van der Waals surface area contributed by atoms with E-state index in [0.29, 0.717) is 11.6 Å². The van der Waals surface area contributed by atoms with E-state index in [1.54, 1.807) is 18.2 Å². The van der Waals surface area contributed by atoms with Gasteiger partial charge in [0.25, 0.3) is 11.8 Å². The van der Waals surface area contributed by atoms with Crippen molar-refractivity contribution >= 4 is 35.1 Å². The molecule has 1 saturated carbocycles. The number of ether oxygens (including phenoxy) is 2. The minimum atomic E-state index is -0.985. The monoisotopic (exact) mass is 729 g/mol. The highest BCUT2D eigenvalue weighted by molar-refractivity contribution is 6.23. The van der Waals surface area contributed by atoms with Crippen molar-refractivity contribution in [2.75, 3.05) is 43.4 Å². The molecule has 0 bridgehead atoms. The Kier molecular flexibility index (Phi) is 9.26. The number of aromatic nitrogens is 2. The summed E-state index contributed by atoms with van der Waals surface area (Å²) in [5.74, 6) is 0.775. The summed E-state index contributed by atoms with van der Waals surface area (Å²) >= 11 is 0. The summed E-state index contributed by atoms with van der Waals surface area (Å²) in [6.07, 6.45) is 1.81. The molecule has 4 aliphatic rings. The molecule has 13 nitrogen and oxygen atoms in total. The molecular formula is C41H43N7O6. The highest BCUT2D eigenvalue weighted by atomic mass is 16.5. The summed E-state index contributed by atoms with van der Waals surface area (Å²) in [6, 6.07) is 24.4. The van der Waals surface area contributed by atoms with Gasteiger partial charge in [0.15, 0.2) is 5.82 Å². The number of benzene rings is 3. The van der Waals surface area contributed by atoms with Crippen LogP contribution < -0.4 is 25.0 Å². The van der Waals surface area contributed by atoms with Crippen LogP contribution in [0.2, 0.25) is 0 Å². The molecule has 0 radical (unpaired) electrons. The predicted octanol–water partition coefficient (Wildman–Crippen LogP) is 4.77. The van der Waals surface area contributed by atoms with Crippen molar-refractivity contribution in [3.8, 4) is 17.4 Å². The second kappa shape index (κ2) is 14.2. The fourth-order valence-electron chi connectivity index (χ4n) is 7.52. The van der Waals surface area contributed by atoms with Crippen molar-refractivity contribution < 1.29 is 28.7 Å². The van der Waals surface area contributed by atoms with E-state index in [0.717, 1.165) is 72.3 Å². The lowest BCUT2D eigenvalue weighted by Crippen LogP contribution is -2.54. The zero-order valence-corrected chi connectivity index (χ0v) is 30.6. The molecule has 4 amide bonds. The molecule has 0 spiro atoms. The molecule has 8 rings (SSSR count). The van der Waals surface area contributed by atoms with Gasteiger partial charge >= 0.3 is 0 Å². The maximum absolute atomic E-state index is 13.2. The maximum atomic E-state index is 13.2. The number of carbonyl (C=O) groups is 4. The topological polar surface area (TPSA) is 146 Å². The number of amides is 4. The van der Waals surface area contributed by atoms with Crippen LogP contribution in [0.5, 0.6) is 17.4 Å². The Labute approximate surface area is 313 Å². The fraction of sp³-hybridized carbons (Fsp3) is 0.366. The van der Waals surface area contributed by atoms with Crippen LogP contribution in [0.4, 0.5) is 11.5 Å². The molecule has 1 aromatic heterocycles. The van der Waals surface area contributed by atoms with E-state index in [4.69, 9.17) is 9.47 Å². The molecule has 4 aromatic rings. The second-order valence-corrected chi connectivity index (χ2v) is 15.1. The van der Waals surface area contributed by atoms with Crippen LogP contribution in [0.3, 0.4) is 0 Å². The van der Waals surface area contributed by atoms with E-state index in [1.807, 2.05) is 36.4 Å². The van der Waals surface area contributed by atoms with Gasteiger partial charge in [-0.05, 0) is 73.1 Å². The fourth-order valence-corrected chi connectivity index (χ4v) is 7.52. The predicted molar refractivity (Wildman–Crippen MR) is 201 cm³/mol. The third-order valence-electron chi connectivity index (χ3n) is 11.0. The number of anilines is 2. The summed E-state index contributed by atoms with van der Waals surface area (Å²) in [5.41, 5.74) is 3.28. The first-order valence-corrected chi connectivity index (χ1v) is 18.5. The SMILES string of the molecule is CN1CCN(c2ccc(Oc3ccc(C(C)(C)c4ccc(OC5CC(Nc6ccc7c(c6)C(=O)N(C6CCC(=O)NC6=O)C7=O)C5)cc4)cc3)nn2)CC1. The summed E-state index contributed by atoms with van der Waals surface area (Å²) in [7, 11) is 2.13. The first-order valence-electron chi connectivity index (χ1n) is 18.5. The highest BCUT2D eigenvalue weighted by Crippen LogP contribution is 2.36. The first-order chi connectivity index (χ1) is 26.0. The summed E-state index contributed by atoms with van der Waals surface area (Å²) < 4.78 is 12.3. The number of carbonyl (C=O) groups excluding carboxylic acids is 4. The Morgan fingerprint density at radius 1 is 0.778 bits per heavy atom. The van der Waals surface area contributed by atoms with Gasteiger partial charge in [-0.25, -0.2) is 0 Å². The number of fused-ring (bicyclic) bond motifs is 1. The normalized spacial score (nSPS) is 21.7. The van der Waals surface area contributed by atoms with E-state index in [-0.39, 0.29) is 41.5 Å². The van der Waals surface area contributed by atoms with Crippen molar-refractivity contribution in [1.29, 1.82) is 0 Å². The van der Waals surface area contributed by atoms with Crippen LogP contribution in [-0.4, -0.2) is 95.0 Å². The number of piperazine rings is 1. The average molecular weight is 730 g/mol. The van der Waals surface area contributed by atoms with Gasteiger partial charge in [0.05, 0.1) is 11.1 Å². The average Bonchev–Trinajstić information content (AvgIpc) is 3.40. The molecule has 2 saturated heterocycles. The molecular weight excluding hydrogens is 686 g/mol. The van der Waals surface area contributed by atoms with Gasteiger partial charge in [-0.15, -0.1) is 10.2 Å². The molecule has 3 aromatic carbocycles. The Bertz CT molecular complexity index is 2070. The van der Waals surface area contributed by atoms with E-state index in [1.165, 1.54) is 0 Å². The maximum Gasteiger partial charge on any atom is 0.262 e. The molecule has 3 fully saturated rings. The Morgan fingerprint density at radius 3 is 2.09 bits per heavy atom. The molecule has 4 heterocycles. The molecule has 13 heteroatoms. The lowest BCUT2D eigenvalue weighted by Gasteiger charge is -2.36. The smallest absolute Gasteiger partial charge is 0.262 e. The largest absolute Gasteiger partial charge is 0.490 e. The van der Waals surface area contributed by atoms with Gasteiger partial charge < -0.3 is 24.6 Å². The third-order valence-corrected chi connectivity index (χ3v) is 11.0. The van der Waals surface area contributed by atoms with Gasteiger partial charge in [0, 0.05) is 68.7 Å². The number of hydrogen-bond acceptors (Lipinski definition) is 11. The summed E-state index contributed by atoms with van der Waals surface area (Å²) in [5, 5.41) is 14.4.